The summed E-state index contributed by atoms with van der Waals surface area (Å²) < 4.78 is 0. The van der Waals surface area contributed by atoms with Gasteiger partial charge >= 0.3 is 0 Å². The second-order valence-electron chi connectivity index (χ2n) is 1.46. The van der Waals surface area contributed by atoms with E-state index in [-0.39, 0.29) is 4.81 Å². The molecule has 0 radical (unpaired) electrons. The van der Waals surface area contributed by atoms with Crippen LogP contribution in [0, 0.1) is 0 Å². The highest BCUT2D eigenvalue weighted by Crippen LogP contribution is 1.88. The highest BCUT2D eigenvalue weighted by atomic mass is 17.1. The average Bonchev–Trinajstić information content (AvgIpc) is 1.68. The molecule has 0 unspecified atom stereocenters. The molecule has 44 valence electrons. The topological polar surface area (TPSA) is 70.5 Å². The summed E-state index contributed by atoms with van der Waals surface area (Å²) in [6.45, 7) is 0. The number of hydrogen-bond donors (Lipinski definition) is 2. The van der Waals surface area contributed by atoms with E-state index in [2.05, 4.69) is 21.7 Å². The lowest BCUT2D eigenvalue weighted by atomic mass is 11.2. The summed E-state index contributed by atoms with van der Waals surface area (Å²) in [6.07, 6.45) is 0. The molecular formula is C2H10N3O2+. The summed E-state index contributed by atoms with van der Waals surface area (Å²) in [5, 5.41) is 0. The first-order chi connectivity index (χ1) is 3.12. The fraction of sp³-hybridized carbons (Fsp3) is 1.00. The van der Waals surface area contributed by atoms with Crippen LogP contribution in [-0.4, -0.2) is 18.9 Å². The predicted molar refractivity (Wildman–Crippen MR) is 22.7 cm³/mol. The van der Waals surface area contributed by atoms with Gasteiger partial charge in [0.25, 0.3) is 0 Å². The van der Waals surface area contributed by atoms with E-state index in [0.717, 1.165) is 0 Å². The first-order valence-electron chi connectivity index (χ1n) is 1.73. The zero-order chi connectivity index (χ0) is 5.91. The van der Waals surface area contributed by atoms with Crippen LogP contribution < -0.4 is 11.8 Å². The van der Waals surface area contributed by atoms with Gasteiger partial charge in [-0.1, -0.05) is 9.88 Å². The van der Waals surface area contributed by atoms with E-state index in [9.17, 15) is 0 Å². The molecule has 0 saturated carbocycles. The Morgan fingerprint density at radius 1 is 1.14 bits per heavy atom. The summed E-state index contributed by atoms with van der Waals surface area (Å²) in [4.78, 5) is 8.05. The van der Waals surface area contributed by atoms with Crippen molar-refractivity contribution >= 4 is 0 Å². The lowest BCUT2D eigenvalue weighted by Gasteiger charge is -2.15. The Hall–Kier alpha value is -0.200. The van der Waals surface area contributed by atoms with Gasteiger partial charge in [-0.15, -0.1) is 0 Å². The van der Waals surface area contributed by atoms with Crippen LogP contribution in [-0.2, 0) is 9.88 Å². The molecule has 0 aromatic carbocycles. The molecule has 0 aliphatic heterocycles. The van der Waals surface area contributed by atoms with E-state index in [4.69, 9.17) is 0 Å². The molecule has 0 aliphatic carbocycles. The van der Waals surface area contributed by atoms with Gasteiger partial charge in [-0.3, -0.25) is 0 Å². The van der Waals surface area contributed by atoms with Crippen LogP contribution in [0.2, 0.25) is 0 Å². The molecule has 0 aromatic heterocycles. The molecule has 0 fully saturated rings. The molecular weight excluding hydrogens is 98.0 g/mol. The van der Waals surface area contributed by atoms with Gasteiger partial charge in [0.05, 0.1) is 0 Å². The maximum absolute atomic E-state index is 4.68. The summed E-state index contributed by atoms with van der Waals surface area (Å²) >= 11 is 0. The number of quaternary nitrogens is 1. The molecule has 0 atom stereocenters. The summed E-state index contributed by atoms with van der Waals surface area (Å²) in [5.41, 5.74) is 0. The molecule has 0 aliphatic rings. The zero-order valence-corrected chi connectivity index (χ0v) is 4.42. The third-order valence-corrected chi connectivity index (χ3v) is 0.508. The van der Waals surface area contributed by atoms with Crippen molar-refractivity contribution in [3.05, 3.63) is 0 Å². The molecule has 0 amide bonds. The normalized spacial score (nSPS) is 12.0. The van der Waals surface area contributed by atoms with E-state index in [0.29, 0.717) is 0 Å². The molecule has 0 saturated heterocycles. The van der Waals surface area contributed by atoms with E-state index in [1.54, 1.807) is 14.1 Å². The van der Waals surface area contributed by atoms with Crippen molar-refractivity contribution in [1.29, 1.82) is 0 Å². The zero-order valence-electron chi connectivity index (χ0n) is 4.42. The van der Waals surface area contributed by atoms with Gasteiger partial charge in [0.15, 0.2) is 0 Å². The SMILES string of the molecule is C[N+](C)(ON)ON. The number of hydroxylamine groups is 4. The third-order valence-electron chi connectivity index (χ3n) is 0.508. The summed E-state index contributed by atoms with van der Waals surface area (Å²) in [6, 6.07) is 0. The molecule has 7 heavy (non-hydrogen) atoms. The summed E-state index contributed by atoms with van der Waals surface area (Å²) in [7, 11) is 3.08. The molecule has 0 spiro atoms. The molecule has 0 heterocycles. The molecule has 5 heteroatoms. The van der Waals surface area contributed by atoms with E-state index < -0.39 is 0 Å². The number of nitrogens with two attached hydrogens (primary N) is 2. The lowest BCUT2D eigenvalue weighted by molar-refractivity contribution is -1.23. The van der Waals surface area contributed by atoms with Crippen LogP contribution in [0.5, 0.6) is 0 Å². The monoisotopic (exact) mass is 108 g/mol. The van der Waals surface area contributed by atoms with E-state index >= 15 is 0 Å². The van der Waals surface area contributed by atoms with Gasteiger partial charge in [0.1, 0.15) is 14.1 Å². The number of rotatable bonds is 2. The van der Waals surface area contributed by atoms with Gasteiger partial charge in [0, 0.05) is 0 Å². The number of hydrogen-bond acceptors (Lipinski definition) is 4. The van der Waals surface area contributed by atoms with Crippen molar-refractivity contribution in [1.82, 2.24) is 0 Å². The Bertz CT molecular complexity index is 48.9. The highest BCUT2D eigenvalue weighted by Gasteiger charge is 2.13. The van der Waals surface area contributed by atoms with Crippen LogP contribution in [0.1, 0.15) is 0 Å². The molecule has 0 rings (SSSR count). The molecule has 0 aromatic rings. The maximum Gasteiger partial charge on any atom is 0.136 e. The molecule has 4 N–H and O–H groups in total. The van der Waals surface area contributed by atoms with E-state index in [1.165, 1.54) is 0 Å². The van der Waals surface area contributed by atoms with Crippen molar-refractivity contribution in [3.8, 4) is 0 Å². The third kappa shape index (κ3) is 2.49. The fourth-order valence-electron chi connectivity index (χ4n) is 0.0248. The largest absolute Gasteiger partial charge is 0.157 e. The standard InChI is InChI=1S/C2H10N3O2/c1-5(2,6-3)7-4/h3-4H2,1-2H3/q+1. The van der Waals surface area contributed by atoms with Crippen molar-refractivity contribution in [2.75, 3.05) is 14.1 Å². The van der Waals surface area contributed by atoms with Crippen LogP contribution in [0.4, 0.5) is 0 Å². The van der Waals surface area contributed by atoms with Gasteiger partial charge in [0.2, 0.25) is 0 Å². The Kier molecular flexibility index (Phi) is 2.13. The predicted octanol–water partition coefficient (Wildman–Crippen LogP) is -1.33. The molecule has 5 nitrogen and oxygen atoms in total. The molecule has 0 bridgehead atoms. The van der Waals surface area contributed by atoms with Crippen molar-refractivity contribution in [2.24, 2.45) is 11.8 Å². The first kappa shape index (κ1) is 6.80. The minimum atomic E-state index is -0.306. The Balaban J connectivity index is 3.36. The maximum atomic E-state index is 4.68. The van der Waals surface area contributed by atoms with Crippen molar-refractivity contribution in [2.45, 2.75) is 0 Å². The van der Waals surface area contributed by atoms with Crippen LogP contribution in [0.25, 0.3) is 0 Å². The summed E-state index contributed by atoms with van der Waals surface area (Å²) in [5.74, 6) is 9.37. The Morgan fingerprint density at radius 2 is 1.43 bits per heavy atom. The second kappa shape index (κ2) is 2.20. The minimum Gasteiger partial charge on any atom is -0.157 e. The van der Waals surface area contributed by atoms with Crippen LogP contribution >= 0.6 is 0 Å². The van der Waals surface area contributed by atoms with E-state index in [1.807, 2.05) is 0 Å². The minimum absolute atomic E-state index is 0.306. The Morgan fingerprint density at radius 3 is 1.43 bits per heavy atom. The Labute approximate surface area is 41.8 Å². The van der Waals surface area contributed by atoms with Crippen LogP contribution in [0.3, 0.4) is 0 Å². The van der Waals surface area contributed by atoms with Crippen molar-refractivity contribution in [3.63, 3.8) is 0 Å². The van der Waals surface area contributed by atoms with Crippen LogP contribution in [0.15, 0.2) is 0 Å². The van der Waals surface area contributed by atoms with Gasteiger partial charge < -0.3 is 0 Å². The average molecular weight is 108 g/mol. The highest BCUT2D eigenvalue weighted by molar-refractivity contribution is 3.64. The fourth-order valence-corrected chi connectivity index (χ4v) is 0.0248. The number of nitrogens with zero attached hydrogens (tertiary/aromatic N) is 1. The first-order valence-corrected chi connectivity index (χ1v) is 1.73. The van der Waals surface area contributed by atoms with Gasteiger partial charge in [-0.05, 0) is 4.81 Å². The smallest absolute Gasteiger partial charge is 0.136 e. The van der Waals surface area contributed by atoms with Gasteiger partial charge in [-0.2, -0.15) is 11.8 Å². The second-order valence-corrected chi connectivity index (χ2v) is 1.46. The lowest BCUT2D eigenvalue weighted by Crippen LogP contribution is -2.44. The van der Waals surface area contributed by atoms with Gasteiger partial charge in [-0.25, -0.2) is 0 Å². The quantitative estimate of drug-likeness (QED) is 0.340. The van der Waals surface area contributed by atoms with Crippen molar-refractivity contribution < 1.29 is 14.7 Å².